The van der Waals surface area contributed by atoms with Crippen LogP contribution < -0.4 is 4.74 Å². The van der Waals surface area contributed by atoms with Crippen LogP contribution in [0, 0.1) is 0 Å². The van der Waals surface area contributed by atoms with Crippen molar-refractivity contribution in [1.29, 1.82) is 0 Å². The molecule has 0 aliphatic carbocycles. The van der Waals surface area contributed by atoms with Crippen LogP contribution in [0.5, 0.6) is 5.75 Å². The number of aryl methyl sites for hydroxylation is 1. The van der Waals surface area contributed by atoms with Crippen molar-refractivity contribution in [2.24, 2.45) is 0 Å². The van der Waals surface area contributed by atoms with E-state index in [1.165, 1.54) is 0 Å². The lowest BCUT2D eigenvalue weighted by atomic mass is 10.2. The summed E-state index contributed by atoms with van der Waals surface area (Å²) < 4.78 is 7.66. The number of fused-ring (bicyclic) bond motifs is 1. The van der Waals surface area contributed by atoms with Gasteiger partial charge < -0.3 is 14.4 Å². The summed E-state index contributed by atoms with van der Waals surface area (Å²) in [6, 6.07) is 17.4. The number of carboxylic acid groups (broad SMARTS) is 1. The van der Waals surface area contributed by atoms with Crippen molar-refractivity contribution in [2.75, 3.05) is 0 Å². The fourth-order valence-corrected chi connectivity index (χ4v) is 2.72. The number of hydrogen-bond donors (Lipinski definition) is 1. The molecule has 1 N–H and O–H groups in total. The summed E-state index contributed by atoms with van der Waals surface area (Å²) >= 11 is 0. The Balaban J connectivity index is 1.88. The Hall–Kier alpha value is -2.75. The average molecular weight is 309 g/mol. The molecule has 0 radical (unpaired) electrons. The van der Waals surface area contributed by atoms with Gasteiger partial charge in [-0.25, -0.2) is 4.79 Å². The first-order valence-electron chi connectivity index (χ1n) is 7.72. The second-order valence-electron chi connectivity index (χ2n) is 5.48. The number of carboxylic acids is 1. The topological polar surface area (TPSA) is 51.5 Å². The molecule has 2 aromatic carbocycles. The van der Waals surface area contributed by atoms with E-state index in [9.17, 15) is 9.90 Å². The molecule has 0 spiro atoms. The molecule has 0 amide bonds. The lowest BCUT2D eigenvalue weighted by molar-refractivity contribution is 0.0685. The molecule has 0 aliphatic rings. The van der Waals surface area contributed by atoms with Crippen molar-refractivity contribution in [3.05, 3.63) is 65.9 Å². The Labute approximate surface area is 134 Å². The van der Waals surface area contributed by atoms with E-state index in [2.05, 4.69) is 0 Å². The van der Waals surface area contributed by atoms with Crippen LogP contribution >= 0.6 is 0 Å². The molecule has 0 bridgehead atoms. The van der Waals surface area contributed by atoms with Gasteiger partial charge in [-0.05, 0) is 36.2 Å². The second-order valence-corrected chi connectivity index (χ2v) is 5.48. The smallest absolute Gasteiger partial charge is 0.352 e. The van der Waals surface area contributed by atoms with Gasteiger partial charge in [-0.2, -0.15) is 0 Å². The highest BCUT2D eigenvalue weighted by molar-refractivity contribution is 5.95. The first-order valence-corrected chi connectivity index (χ1v) is 7.72. The van der Waals surface area contributed by atoms with Gasteiger partial charge in [-0.15, -0.1) is 0 Å². The van der Waals surface area contributed by atoms with Gasteiger partial charge in [-0.3, -0.25) is 0 Å². The molecule has 0 fully saturated rings. The quantitative estimate of drug-likeness (QED) is 0.737. The molecular weight excluding hydrogens is 290 g/mol. The summed E-state index contributed by atoms with van der Waals surface area (Å²) in [6.07, 6.45) is 0.885. The van der Waals surface area contributed by atoms with Crippen LogP contribution in [0.1, 0.15) is 29.4 Å². The van der Waals surface area contributed by atoms with Gasteiger partial charge in [0, 0.05) is 17.4 Å². The largest absolute Gasteiger partial charge is 0.489 e. The van der Waals surface area contributed by atoms with Crippen molar-refractivity contribution in [3.63, 3.8) is 0 Å². The lowest BCUT2D eigenvalue weighted by Gasteiger charge is -2.08. The summed E-state index contributed by atoms with van der Waals surface area (Å²) in [4.78, 5) is 11.4. The third-order valence-corrected chi connectivity index (χ3v) is 3.79. The van der Waals surface area contributed by atoms with Gasteiger partial charge >= 0.3 is 5.97 Å². The SMILES string of the molecule is CCCn1c(C(=O)O)cc2cc(OCc3ccccc3)ccc21. The highest BCUT2D eigenvalue weighted by Crippen LogP contribution is 2.25. The first-order chi connectivity index (χ1) is 11.2. The van der Waals surface area contributed by atoms with E-state index < -0.39 is 5.97 Å². The molecule has 23 heavy (non-hydrogen) atoms. The van der Waals surface area contributed by atoms with Gasteiger partial charge in [0.2, 0.25) is 0 Å². The van der Waals surface area contributed by atoms with E-state index in [0.717, 1.165) is 28.6 Å². The highest BCUT2D eigenvalue weighted by Gasteiger charge is 2.14. The van der Waals surface area contributed by atoms with Crippen LogP contribution in [0.15, 0.2) is 54.6 Å². The number of nitrogens with zero attached hydrogens (tertiary/aromatic N) is 1. The van der Waals surface area contributed by atoms with Crippen molar-refractivity contribution < 1.29 is 14.6 Å². The minimum absolute atomic E-state index is 0.321. The molecule has 4 heteroatoms. The molecule has 1 heterocycles. The number of carbonyl (C=O) groups is 1. The maximum Gasteiger partial charge on any atom is 0.352 e. The normalized spacial score (nSPS) is 10.8. The van der Waals surface area contributed by atoms with Gasteiger partial charge in [0.1, 0.15) is 18.1 Å². The van der Waals surface area contributed by atoms with E-state index in [-0.39, 0.29) is 0 Å². The standard InChI is InChI=1S/C19H19NO3/c1-2-10-20-17-9-8-16(11-15(17)12-18(20)19(21)22)23-13-14-6-4-3-5-7-14/h3-9,11-12H,2,10,13H2,1H3,(H,21,22). The fourth-order valence-electron chi connectivity index (χ4n) is 2.72. The first kappa shape index (κ1) is 15.2. The monoisotopic (exact) mass is 309 g/mol. The van der Waals surface area contributed by atoms with Gasteiger partial charge in [0.25, 0.3) is 0 Å². The average Bonchev–Trinajstić information content (AvgIpc) is 2.93. The zero-order valence-electron chi connectivity index (χ0n) is 13.0. The van der Waals surface area contributed by atoms with Gasteiger partial charge in [-0.1, -0.05) is 37.3 Å². The van der Waals surface area contributed by atoms with Crippen LogP contribution in [0.2, 0.25) is 0 Å². The van der Waals surface area contributed by atoms with Crippen LogP contribution in [-0.4, -0.2) is 15.6 Å². The molecule has 3 aromatic rings. The van der Waals surface area contributed by atoms with Gasteiger partial charge in [0.05, 0.1) is 0 Å². The zero-order valence-corrected chi connectivity index (χ0v) is 13.0. The minimum atomic E-state index is -0.901. The minimum Gasteiger partial charge on any atom is -0.489 e. The summed E-state index contributed by atoms with van der Waals surface area (Å²) in [6.45, 7) is 3.22. The maximum atomic E-state index is 11.4. The van der Waals surface area contributed by atoms with Crippen LogP contribution in [-0.2, 0) is 13.2 Å². The van der Waals surface area contributed by atoms with E-state index >= 15 is 0 Å². The number of aromatic nitrogens is 1. The zero-order chi connectivity index (χ0) is 16.2. The molecule has 0 unspecified atom stereocenters. The summed E-state index contributed by atoms with van der Waals surface area (Å²) in [7, 11) is 0. The molecule has 0 saturated carbocycles. The van der Waals surface area contributed by atoms with E-state index in [1.54, 1.807) is 6.07 Å². The van der Waals surface area contributed by atoms with E-state index in [1.807, 2.05) is 60.0 Å². The van der Waals surface area contributed by atoms with E-state index in [0.29, 0.717) is 18.8 Å². The number of rotatable bonds is 6. The van der Waals surface area contributed by atoms with Crippen molar-refractivity contribution in [1.82, 2.24) is 4.57 Å². The maximum absolute atomic E-state index is 11.4. The third kappa shape index (κ3) is 3.21. The predicted molar refractivity (Wildman–Crippen MR) is 90.0 cm³/mol. The Bertz CT molecular complexity index is 821. The second kappa shape index (κ2) is 6.57. The molecule has 3 rings (SSSR count). The highest BCUT2D eigenvalue weighted by atomic mass is 16.5. The van der Waals surface area contributed by atoms with Crippen LogP contribution in [0.25, 0.3) is 10.9 Å². The van der Waals surface area contributed by atoms with E-state index in [4.69, 9.17) is 4.74 Å². The van der Waals surface area contributed by atoms with Crippen LogP contribution in [0.3, 0.4) is 0 Å². The lowest BCUT2D eigenvalue weighted by Crippen LogP contribution is -2.07. The van der Waals surface area contributed by atoms with Crippen molar-refractivity contribution in [2.45, 2.75) is 26.5 Å². The molecule has 4 nitrogen and oxygen atoms in total. The molecule has 0 aliphatic heterocycles. The Morgan fingerprint density at radius 3 is 2.61 bits per heavy atom. The number of hydrogen-bond acceptors (Lipinski definition) is 2. The Morgan fingerprint density at radius 1 is 1.13 bits per heavy atom. The van der Waals surface area contributed by atoms with Crippen molar-refractivity contribution >= 4 is 16.9 Å². The number of benzene rings is 2. The summed E-state index contributed by atoms with van der Waals surface area (Å²) in [5, 5.41) is 10.3. The summed E-state index contributed by atoms with van der Waals surface area (Å²) in [5.74, 6) is -0.159. The number of aromatic carboxylic acids is 1. The third-order valence-electron chi connectivity index (χ3n) is 3.79. The molecule has 1 aromatic heterocycles. The molecule has 0 atom stereocenters. The van der Waals surface area contributed by atoms with Crippen LogP contribution in [0.4, 0.5) is 0 Å². The Morgan fingerprint density at radius 2 is 1.91 bits per heavy atom. The fraction of sp³-hybridized carbons (Fsp3) is 0.211. The molecule has 0 saturated heterocycles. The summed E-state index contributed by atoms with van der Waals surface area (Å²) in [5.41, 5.74) is 2.35. The van der Waals surface area contributed by atoms with Crippen molar-refractivity contribution in [3.8, 4) is 5.75 Å². The predicted octanol–water partition coefficient (Wildman–Crippen LogP) is 4.33. The number of ether oxygens (including phenoxy) is 1. The van der Waals surface area contributed by atoms with Gasteiger partial charge in [0.15, 0.2) is 0 Å². The molecular formula is C19H19NO3. The molecule has 118 valence electrons. The Kier molecular flexibility index (Phi) is 4.33.